The Bertz CT molecular complexity index is 952. The van der Waals surface area contributed by atoms with Crippen LogP contribution in [0.15, 0.2) is 53.3 Å². The van der Waals surface area contributed by atoms with Crippen molar-refractivity contribution in [2.45, 2.75) is 32.4 Å². The van der Waals surface area contributed by atoms with Gasteiger partial charge in [-0.15, -0.1) is 0 Å². The fourth-order valence-electron chi connectivity index (χ4n) is 2.91. The Morgan fingerprint density at radius 3 is 2.62 bits per heavy atom. The van der Waals surface area contributed by atoms with Crippen molar-refractivity contribution in [3.05, 3.63) is 48.8 Å². The first-order chi connectivity index (χ1) is 14.1. The van der Waals surface area contributed by atoms with Crippen LogP contribution < -0.4 is 10.1 Å². The van der Waals surface area contributed by atoms with Gasteiger partial charge in [-0.25, -0.2) is 4.79 Å². The van der Waals surface area contributed by atoms with Crippen molar-refractivity contribution in [1.82, 2.24) is 25.3 Å². The van der Waals surface area contributed by atoms with E-state index in [1.165, 1.54) is 0 Å². The fourth-order valence-corrected chi connectivity index (χ4v) is 2.91. The number of carbonyl (C=O) groups is 1. The SMILES string of the molecule is CCC(C)NC(=O)N1CC(Oc2ccc(-c3noc(-c4ccncc4)n3)cc2)C1. The minimum atomic E-state index is -0.0309. The average molecular weight is 393 g/mol. The highest BCUT2D eigenvalue weighted by Gasteiger charge is 2.32. The van der Waals surface area contributed by atoms with Crippen molar-refractivity contribution in [3.8, 4) is 28.6 Å². The normalized spacial score (nSPS) is 14.9. The minimum Gasteiger partial charge on any atom is -0.487 e. The molecule has 0 spiro atoms. The maximum atomic E-state index is 12.0. The Hall–Kier alpha value is -3.42. The second kappa shape index (κ2) is 8.30. The van der Waals surface area contributed by atoms with E-state index in [4.69, 9.17) is 9.26 Å². The van der Waals surface area contributed by atoms with Gasteiger partial charge in [0.25, 0.3) is 5.89 Å². The van der Waals surface area contributed by atoms with E-state index in [0.717, 1.165) is 23.3 Å². The van der Waals surface area contributed by atoms with Crippen molar-refractivity contribution in [2.75, 3.05) is 13.1 Å². The molecule has 29 heavy (non-hydrogen) atoms. The van der Waals surface area contributed by atoms with Gasteiger partial charge in [0.1, 0.15) is 11.9 Å². The summed E-state index contributed by atoms with van der Waals surface area (Å²) in [6, 6.07) is 11.3. The van der Waals surface area contributed by atoms with Gasteiger partial charge in [-0.2, -0.15) is 4.98 Å². The van der Waals surface area contributed by atoms with E-state index in [2.05, 4.69) is 20.4 Å². The third-order valence-corrected chi connectivity index (χ3v) is 4.89. The molecule has 1 aromatic carbocycles. The fraction of sp³-hybridized carbons (Fsp3) is 0.333. The summed E-state index contributed by atoms with van der Waals surface area (Å²) < 4.78 is 11.3. The number of hydrogen-bond donors (Lipinski definition) is 1. The zero-order chi connectivity index (χ0) is 20.2. The van der Waals surface area contributed by atoms with Crippen LogP contribution in [0.5, 0.6) is 5.75 Å². The summed E-state index contributed by atoms with van der Waals surface area (Å²) in [5.74, 6) is 1.71. The van der Waals surface area contributed by atoms with Crippen LogP contribution in [0.25, 0.3) is 22.8 Å². The standard InChI is InChI=1S/C21H23N5O3/c1-3-14(2)23-21(27)26-12-18(13-26)28-17-6-4-15(5-7-17)19-24-20(29-25-19)16-8-10-22-11-9-16/h4-11,14,18H,3,12-13H2,1-2H3,(H,23,27). The number of rotatable bonds is 6. The first-order valence-corrected chi connectivity index (χ1v) is 9.69. The molecule has 3 heterocycles. The molecule has 0 aliphatic carbocycles. The Morgan fingerprint density at radius 1 is 1.21 bits per heavy atom. The van der Waals surface area contributed by atoms with Crippen LogP contribution >= 0.6 is 0 Å². The lowest BCUT2D eigenvalue weighted by molar-refractivity contribution is 0.0436. The molecule has 1 aliphatic rings. The number of ether oxygens (including phenoxy) is 1. The third-order valence-electron chi connectivity index (χ3n) is 4.89. The summed E-state index contributed by atoms with van der Waals surface area (Å²) >= 11 is 0. The maximum absolute atomic E-state index is 12.0. The molecule has 8 heteroatoms. The predicted octanol–water partition coefficient (Wildman–Crippen LogP) is 3.37. The van der Waals surface area contributed by atoms with Gasteiger partial charge in [0, 0.05) is 29.6 Å². The first-order valence-electron chi connectivity index (χ1n) is 9.69. The highest BCUT2D eigenvalue weighted by molar-refractivity contribution is 5.75. The molecule has 3 aromatic rings. The van der Waals surface area contributed by atoms with Crippen molar-refractivity contribution >= 4 is 6.03 Å². The number of carbonyl (C=O) groups excluding carboxylic acids is 1. The summed E-state index contributed by atoms with van der Waals surface area (Å²) in [5.41, 5.74) is 1.66. The van der Waals surface area contributed by atoms with Gasteiger partial charge >= 0.3 is 6.03 Å². The summed E-state index contributed by atoms with van der Waals surface area (Å²) in [5, 5.41) is 7.00. The molecule has 2 aromatic heterocycles. The van der Waals surface area contributed by atoms with Crippen molar-refractivity contribution in [1.29, 1.82) is 0 Å². The van der Waals surface area contributed by atoms with E-state index in [1.54, 1.807) is 17.3 Å². The predicted molar refractivity (Wildman–Crippen MR) is 107 cm³/mol. The molecule has 8 nitrogen and oxygen atoms in total. The van der Waals surface area contributed by atoms with Gasteiger partial charge in [0.05, 0.1) is 13.1 Å². The average Bonchev–Trinajstić information content (AvgIpc) is 3.21. The monoisotopic (exact) mass is 393 g/mol. The highest BCUT2D eigenvalue weighted by atomic mass is 16.5. The third kappa shape index (κ3) is 4.37. The number of benzene rings is 1. The molecule has 150 valence electrons. The molecular formula is C21H23N5O3. The number of likely N-dealkylation sites (tertiary alicyclic amines) is 1. The smallest absolute Gasteiger partial charge is 0.317 e. The summed E-state index contributed by atoms with van der Waals surface area (Å²) in [6.07, 6.45) is 4.28. The first kappa shape index (κ1) is 18.9. The largest absolute Gasteiger partial charge is 0.487 e. The molecule has 1 aliphatic heterocycles. The van der Waals surface area contributed by atoms with E-state index >= 15 is 0 Å². The van der Waals surface area contributed by atoms with Crippen molar-refractivity contribution < 1.29 is 14.1 Å². The molecule has 0 saturated carbocycles. The minimum absolute atomic E-state index is 0.00648. The van der Waals surface area contributed by atoms with Crippen LogP contribution in [0.4, 0.5) is 4.79 Å². The van der Waals surface area contributed by atoms with E-state index in [-0.39, 0.29) is 18.2 Å². The maximum Gasteiger partial charge on any atom is 0.317 e. The van der Waals surface area contributed by atoms with Gasteiger partial charge in [0.15, 0.2) is 0 Å². The Kier molecular flexibility index (Phi) is 5.41. The van der Waals surface area contributed by atoms with Gasteiger partial charge in [-0.3, -0.25) is 4.98 Å². The number of urea groups is 1. The zero-order valence-electron chi connectivity index (χ0n) is 16.4. The molecule has 4 rings (SSSR count). The van der Waals surface area contributed by atoms with E-state index in [0.29, 0.717) is 24.8 Å². The van der Waals surface area contributed by atoms with Gasteiger partial charge in [0.2, 0.25) is 5.82 Å². The lowest BCUT2D eigenvalue weighted by atomic mass is 10.1. The lowest BCUT2D eigenvalue weighted by Crippen LogP contribution is -2.59. The van der Waals surface area contributed by atoms with Gasteiger partial charge in [-0.05, 0) is 49.7 Å². The topological polar surface area (TPSA) is 93.4 Å². The van der Waals surface area contributed by atoms with Crippen LogP contribution in [-0.4, -0.2) is 51.3 Å². The Labute approximate surface area is 168 Å². The Morgan fingerprint density at radius 2 is 1.93 bits per heavy atom. The van der Waals surface area contributed by atoms with Crippen LogP contribution in [0.3, 0.4) is 0 Å². The van der Waals surface area contributed by atoms with E-state index in [9.17, 15) is 4.79 Å². The number of nitrogens with zero attached hydrogens (tertiary/aromatic N) is 4. The van der Waals surface area contributed by atoms with Crippen LogP contribution in [0.1, 0.15) is 20.3 Å². The molecule has 2 amide bonds. The van der Waals surface area contributed by atoms with Crippen LogP contribution in [-0.2, 0) is 0 Å². The Balaban J connectivity index is 1.32. The van der Waals surface area contributed by atoms with Crippen molar-refractivity contribution in [2.24, 2.45) is 0 Å². The second-order valence-corrected chi connectivity index (χ2v) is 7.09. The molecule has 1 saturated heterocycles. The summed E-state index contributed by atoms with van der Waals surface area (Å²) in [6.45, 7) is 5.22. The molecular weight excluding hydrogens is 370 g/mol. The van der Waals surface area contributed by atoms with E-state index in [1.807, 2.05) is 50.2 Å². The number of amides is 2. The number of hydrogen-bond acceptors (Lipinski definition) is 6. The summed E-state index contributed by atoms with van der Waals surface area (Å²) in [7, 11) is 0. The number of pyridine rings is 1. The van der Waals surface area contributed by atoms with Crippen molar-refractivity contribution in [3.63, 3.8) is 0 Å². The molecule has 1 unspecified atom stereocenters. The molecule has 0 radical (unpaired) electrons. The van der Waals surface area contributed by atoms with E-state index < -0.39 is 0 Å². The number of nitrogens with one attached hydrogen (secondary N) is 1. The van der Waals surface area contributed by atoms with Gasteiger partial charge < -0.3 is 19.5 Å². The van der Waals surface area contributed by atoms with Gasteiger partial charge in [-0.1, -0.05) is 12.1 Å². The molecule has 1 fully saturated rings. The second-order valence-electron chi connectivity index (χ2n) is 7.09. The van der Waals surface area contributed by atoms with Crippen LogP contribution in [0, 0.1) is 0 Å². The lowest BCUT2D eigenvalue weighted by Gasteiger charge is -2.39. The molecule has 0 bridgehead atoms. The highest BCUT2D eigenvalue weighted by Crippen LogP contribution is 2.25. The van der Waals surface area contributed by atoms with Crippen LogP contribution in [0.2, 0.25) is 0 Å². The molecule has 1 N–H and O–H groups in total. The zero-order valence-corrected chi connectivity index (χ0v) is 16.4. The summed E-state index contributed by atoms with van der Waals surface area (Å²) in [4.78, 5) is 22.2. The quantitative estimate of drug-likeness (QED) is 0.690. The number of aromatic nitrogens is 3. The molecule has 1 atom stereocenters.